The Kier molecular flexibility index (Phi) is 15.1. The molecule has 15 nitrogen and oxygen atoms in total. The van der Waals surface area contributed by atoms with E-state index in [2.05, 4.69) is 0 Å². The summed E-state index contributed by atoms with van der Waals surface area (Å²) in [6.07, 6.45) is -9.86. The standard InChI is InChI=1S/C38H70NO14/c1-15-26-38(10,45)31(42)21(4)28(40)19(2)17-37(9,48-14)33(53-35-29(41)25(39(11,12)46)16-20(3)49-35)22(5)30(23(6)34(44)51-26)52-27-18-36(8,47-13)32(43)24(7)50-27/h19-27,29-33,35,41-43,45-46H,15-18H2,1-14H3/q+1/t19-,20+,21-,22-,23+,24-,25-,26+,27-,29+,30-,31+,32-,33+,35-,36+,37?,38+/m0/s1. The highest BCUT2D eigenvalue weighted by Gasteiger charge is 2.55. The molecule has 3 fully saturated rings. The first-order chi connectivity index (χ1) is 24.3. The number of quaternary nitrogens is 1. The number of cyclic esters (lactones) is 1. The molecular formula is C38H70NO14+. The topological polar surface area (TPSA) is 200 Å². The van der Waals surface area contributed by atoms with Gasteiger partial charge in [-0.1, -0.05) is 27.7 Å². The number of carbonyl (C=O) groups is 2. The highest BCUT2D eigenvalue weighted by atomic mass is 16.7. The summed E-state index contributed by atoms with van der Waals surface area (Å²) in [6, 6.07) is -0.677. The summed E-state index contributed by atoms with van der Waals surface area (Å²) in [5.74, 6) is -4.70. The Labute approximate surface area is 315 Å². The normalized spacial score (nSPS) is 48.5. The van der Waals surface area contributed by atoms with Crippen molar-refractivity contribution in [2.45, 2.75) is 179 Å². The molecule has 0 spiro atoms. The predicted molar refractivity (Wildman–Crippen MR) is 191 cm³/mol. The van der Waals surface area contributed by atoms with Gasteiger partial charge in [-0.15, -0.1) is 0 Å². The Hall–Kier alpha value is -1.34. The molecule has 3 aliphatic rings. The van der Waals surface area contributed by atoms with Gasteiger partial charge in [0.05, 0.1) is 61.7 Å². The number of carbonyl (C=O) groups excluding carboxylic acids is 2. The van der Waals surface area contributed by atoms with Gasteiger partial charge >= 0.3 is 5.97 Å². The Morgan fingerprint density at radius 3 is 1.96 bits per heavy atom. The first kappa shape index (κ1) is 46.0. The quantitative estimate of drug-likeness (QED) is 0.137. The minimum absolute atomic E-state index is 0.0630. The van der Waals surface area contributed by atoms with Crippen LogP contribution >= 0.6 is 0 Å². The molecule has 3 aliphatic heterocycles. The van der Waals surface area contributed by atoms with Gasteiger partial charge in [-0.05, 0) is 54.4 Å². The lowest BCUT2D eigenvalue weighted by Crippen LogP contribution is -2.63. The molecule has 310 valence electrons. The van der Waals surface area contributed by atoms with E-state index in [-0.39, 0.29) is 25.0 Å². The Morgan fingerprint density at radius 2 is 1.43 bits per heavy atom. The number of ketones is 1. The van der Waals surface area contributed by atoms with E-state index >= 15 is 0 Å². The van der Waals surface area contributed by atoms with E-state index in [0.717, 1.165) is 0 Å². The number of Topliss-reactive ketones (excluding diaryl/α,β-unsaturated/α-hetero) is 1. The highest BCUT2D eigenvalue weighted by Crippen LogP contribution is 2.42. The number of aliphatic hydroxyl groups is 4. The third kappa shape index (κ3) is 9.80. The van der Waals surface area contributed by atoms with Crippen LogP contribution in [0.5, 0.6) is 0 Å². The summed E-state index contributed by atoms with van der Waals surface area (Å²) in [5.41, 5.74) is -4.35. The lowest BCUT2D eigenvalue weighted by Gasteiger charge is -2.50. The average molecular weight is 765 g/mol. The van der Waals surface area contributed by atoms with Crippen molar-refractivity contribution in [3.8, 4) is 0 Å². The molecule has 3 saturated heterocycles. The van der Waals surface area contributed by atoms with Gasteiger partial charge < -0.3 is 53.6 Å². The van der Waals surface area contributed by atoms with Crippen molar-refractivity contribution in [1.82, 2.24) is 0 Å². The van der Waals surface area contributed by atoms with Gasteiger partial charge in [0.2, 0.25) is 0 Å². The first-order valence-corrected chi connectivity index (χ1v) is 19.1. The van der Waals surface area contributed by atoms with Gasteiger partial charge in [-0.3, -0.25) is 9.59 Å². The number of aliphatic hydroxyl groups excluding tert-OH is 3. The van der Waals surface area contributed by atoms with Gasteiger partial charge in [0.15, 0.2) is 24.7 Å². The van der Waals surface area contributed by atoms with E-state index in [9.17, 15) is 35.2 Å². The molecular weight excluding hydrogens is 694 g/mol. The van der Waals surface area contributed by atoms with Crippen LogP contribution < -0.4 is 0 Å². The van der Waals surface area contributed by atoms with Crippen LogP contribution in [0.2, 0.25) is 0 Å². The molecule has 0 aromatic heterocycles. The summed E-state index contributed by atoms with van der Waals surface area (Å²) in [6.45, 7) is 16.7. The molecule has 3 heterocycles. The molecule has 0 saturated carbocycles. The largest absolute Gasteiger partial charge is 0.459 e. The number of ether oxygens (including phenoxy) is 7. The monoisotopic (exact) mass is 764 g/mol. The van der Waals surface area contributed by atoms with Crippen molar-refractivity contribution in [2.75, 3.05) is 28.3 Å². The van der Waals surface area contributed by atoms with Crippen molar-refractivity contribution in [3.05, 3.63) is 0 Å². The summed E-state index contributed by atoms with van der Waals surface area (Å²) < 4.78 is 43.1. The fourth-order valence-corrected chi connectivity index (χ4v) is 8.70. The minimum atomic E-state index is -1.99. The van der Waals surface area contributed by atoms with Gasteiger partial charge in [0.1, 0.15) is 23.6 Å². The van der Waals surface area contributed by atoms with Gasteiger partial charge in [-0.2, -0.15) is 4.65 Å². The maximum absolute atomic E-state index is 14.2. The number of rotatable bonds is 8. The first-order valence-electron chi connectivity index (χ1n) is 19.1. The van der Waals surface area contributed by atoms with Crippen molar-refractivity contribution >= 4 is 11.8 Å². The minimum Gasteiger partial charge on any atom is -0.459 e. The van der Waals surface area contributed by atoms with Crippen LogP contribution in [0, 0.1) is 23.7 Å². The third-order valence-corrected chi connectivity index (χ3v) is 12.4. The fourth-order valence-electron chi connectivity index (χ4n) is 8.70. The van der Waals surface area contributed by atoms with Crippen LogP contribution in [0.15, 0.2) is 0 Å². The molecule has 0 amide bonds. The molecule has 0 aliphatic carbocycles. The van der Waals surface area contributed by atoms with Crippen LogP contribution in [0.3, 0.4) is 0 Å². The third-order valence-electron chi connectivity index (χ3n) is 12.4. The molecule has 3 rings (SSSR count). The smallest absolute Gasteiger partial charge is 0.311 e. The summed E-state index contributed by atoms with van der Waals surface area (Å²) in [7, 11) is 6.08. The lowest BCUT2D eigenvalue weighted by molar-refractivity contribution is -1.09. The summed E-state index contributed by atoms with van der Waals surface area (Å²) >= 11 is 0. The van der Waals surface area contributed by atoms with Crippen LogP contribution in [0.25, 0.3) is 0 Å². The van der Waals surface area contributed by atoms with E-state index in [4.69, 9.17) is 33.2 Å². The van der Waals surface area contributed by atoms with E-state index in [0.29, 0.717) is 6.42 Å². The molecule has 1 unspecified atom stereocenters. The van der Waals surface area contributed by atoms with Crippen molar-refractivity contribution in [1.29, 1.82) is 0 Å². The van der Waals surface area contributed by atoms with Gasteiger partial charge in [0.25, 0.3) is 0 Å². The maximum Gasteiger partial charge on any atom is 0.311 e. The van der Waals surface area contributed by atoms with Crippen LogP contribution in [-0.2, 0) is 42.7 Å². The fraction of sp³-hybridized carbons (Fsp3) is 0.947. The average Bonchev–Trinajstić information content (AvgIpc) is 3.08. The summed E-state index contributed by atoms with van der Waals surface area (Å²) in [5, 5.41) is 56.5. The molecule has 0 bridgehead atoms. The maximum atomic E-state index is 14.2. The molecule has 18 atom stereocenters. The van der Waals surface area contributed by atoms with Crippen molar-refractivity contribution < 1.29 is 73.0 Å². The Bertz CT molecular complexity index is 1230. The van der Waals surface area contributed by atoms with E-state index in [1.807, 2.05) is 6.92 Å². The number of hydrogen-bond donors (Lipinski definition) is 5. The number of nitrogens with zero attached hydrogens (tertiary/aromatic N) is 1. The molecule has 0 radical (unpaired) electrons. The number of likely N-dealkylation sites (N-methyl/N-ethyl adjacent to an activating group) is 1. The second kappa shape index (κ2) is 17.4. The van der Waals surface area contributed by atoms with Crippen LogP contribution in [0.4, 0.5) is 0 Å². The number of hydroxylamine groups is 3. The number of methoxy groups -OCH3 is 2. The zero-order valence-electron chi connectivity index (χ0n) is 34.3. The van der Waals surface area contributed by atoms with Crippen molar-refractivity contribution in [3.63, 3.8) is 0 Å². The zero-order chi connectivity index (χ0) is 40.6. The predicted octanol–water partition coefficient (Wildman–Crippen LogP) is 2.34. The van der Waals surface area contributed by atoms with Crippen LogP contribution in [-0.4, -0.2) is 155 Å². The van der Waals surface area contributed by atoms with E-state index in [1.165, 1.54) is 28.1 Å². The Balaban J connectivity index is 2.23. The van der Waals surface area contributed by atoms with E-state index in [1.54, 1.807) is 62.6 Å². The molecule has 53 heavy (non-hydrogen) atoms. The highest BCUT2D eigenvalue weighted by molar-refractivity contribution is 5.83. The SMILES string of the molecule is CC[C@H]1OC(=O)[C@H](C)[C@@H](O[C@H]2C[C@@](C)(OC)[C@@H](O)[C@H](C)O2)[C@H](C)[C@@H](O[C@@H]2O[C@H](C)C[C@H]([N+](C)(C)O)[C@H]2O)C(C)(OC)C[C@H](C)C(=O)[C@H](C)[C@@H](O)[C@]1(C)O. The second-order valence-corrected chi connectivity index (χ2v) is 17.1. The van der Waals surface area contributed by atoms with Gasteiger partial charge in [-0.25, -0.2) is 5.21 Å². The van der Waals surface area contributed by atoms with Crippen LogP contribution in [0.1, 0.15) is 94.9 Å². The molecule has 5 N–H and O–H groups in total. The zero-order valence-corrected chi connectivity index (χ0v) is 34.3. The second-order valence-electron chi connectivity index (χ2n) is 17.1. The molecule has 15 heteroatoms. The Morgan fingerprint density at radius 1 is 0.849 bits per heavy atom. The molecule has 0 aromatic carbocycles. The van der Waals surface area contributed by atoms with Gasteiger partial charge in [0, 0.05) is 44.8 Å². The molecule has 0 aromatic rings. The summed E-state index contributed by atoms with van der Waals surface area (Å²) in [4.78, 5) is 28.2. The van der Waals surface area contributed by atoms with E-state index < -0.39 is 119 Å². The lowest BCUT2D eigenvalue weighted by atomic mass is 9.74. The number of hydrogen-bond acceptors (Lipinski definition) is 14. The number of esters is 1. The van der Waals surface area contributed by atoms with Crippen molar-refractivity contribution in [2.24, 2.45) is 23.7 Å².